The molecule has 0 atom stereocenters. The van der Waals surface area contributed by atoms with Gasteiger partial charge in [0.2, 0.25) is 5.69 Å². The van der Waals surface area contributed by atoms with Gasteiger partial charge in [-0.2, -0.15) is 38.2 Å². The van der Waals surface area contributed by atoms with E-state index in [1.54, 1.807) is 11.0 Å². The van der Waals surface area contributed by atoms with E-state index in [0.29, 0.717) is 67.3 Å². The second-order valence-electron chi connectivity index (χ2n) is 22.4. The number of hydrogen-bond acceptors (Lipinski definition) is 15. The molecule has 0 spiro atoms. The lowest BCUT2D eigenvalue weighted by Gasteiger charge is -2.28. The summed E-state index contributed by atoms with van der Waals surface area (Å²) in [5.41, 5.74) is 6.22. The molecule has 0 aromatic heterocycles. The van der Waals surface area contributed by atoms with E-state index in [-0.39, 0.29) is 68.8 Å². The number of ether oxygens (including phenoxy) is 1. The van der Waals surface area contributed by atoms with E-state index in [2.05, 4.69) is 48.8 Å². The highest BCUT2D eigenvalue weighted by Crippen LogP contribution is 2.50. The second kappa shape index (κ2) is 25.6. The summed E-state index contributed by atoms with van der Waals surface area (Å²) in [7, 11) is -17.5. The van der Waals surface area contributed by atoms with Crippen LogP contribution in [0.4, 0.5) is 17.1 Å². The number of nitrogens with zero attached hydrogens (tertiary/aromatic N) is 4. The zero-order valence-electron chi connectivity index (χ0n) is 47.3. The van der Waals surface area contributed by atoms with Crippen LogP contribution in [0.25, 0.3) is 10.8 Å². The summed E-state index contributed by atoms with van der Waals surface area (Å²) >= 11 is 0. The number of benzene rings is 4. The van der Waals surface area contributed by atoms with Crippen molar-refractivity contribution in [3.05, 3.63) is 137 Å². The van der Waals surface area contributed by atoms with Gasteiger partial charge in [0.25, 0.3) is 52.3 Å². The number of carbonyl (C=O) groups is 3. The Bertz CT molecular complexity index is 3810. The maximum atomic E-state index is 12.7. The third-order valence-electron chi connectivity index (χ3n) is 15.6. The quantitative estimate of drug-likeness (QED) is 0.0197. The summed E-state index contributed by atoms with van der Waals surface area (Å²) in [6.45, 7) is 9.25. The summed E-state index contributed by atoms with van der Waals surface area (Å²) in [5, 5.41) is 2.73. The molecule has 1 saturated heterocycles. The van der Waals surface area contributed by atoms with Crippen molar-refractivity contribution in [1.82, 2.24) is 5.06 Å². The fraction of sp³-hybridized carbons (Fsp3) is 0.424. The predicted octanol–water partition coefficient (Wildman–Crippen LogP) is 8.95. The van der Waals surface area contributed by atoms with Gasteiger partial charge in [-0.15, -0.1) is 5.06 Å². The molecule has 0 saturated carbocycles. The zero-order chi connectivity index (χ0) is 61.0. The van der Waals surface area contributed by atoms with E-state index in [4.69, 9.17) is 9.57 Å². The van der Waals surface area contributed by atoms with Crippen LogP contribution in [0.3, 0.4) is 0 Å². The van der Waals surface area contributed by atoms with Crippen LogP contribution in [-0.2, 0) is 70.5 Å². The number of imide groups is 1. The first-order valence-corrected chi connectivity index (χ1v) is 34.0. The smallest absolute Gasteiger partial charge is 0.333 e. The van der Waals surface area contributed by atoms with Crippen molar-refractivity contribution in [2.24, 2.45) is 0 Å². The molecule has 452 valence electrons. The Hall–Kier alpha value is -6.58. The van der Waals surface area contributed by atoms with Crippen LogP contribution in [0, 0.1) is 0 Å². The van der Waals surface area contributed by atoms with Crippen molar-refractivity contribution in [1.29, 1.82) is 0 Å². The van der Waals surface area contributed by atoms with E-state index < -0.39 is 86.3 Å². The van der Waals surface area contributed by atoms with Gasteiger partial charge in [0.05, 0.1) is 27.6 Å². The zero-order valence-corrected chi connectivity index (χ0v) is 50.5. The number of hydrogen-bond donors (Lipinski definition) is 4. The largest absolute Gasteiger partial charge is 0.457 e. The summed E-state index contributed by atoms with van der Waals surface area (Å²) in [6.07, 6.45) is 11.6. The third-order valence-corrected chi connectivity index (χ3v) is 18.9. The summed E-state index contributed by atoms with van der Waals surface area (Å²) in [4.78, 5) is 45.3. The van der Waals surface area contributed by atoms with Crippen LogP contribution < -0.4 is 14.5 Å². The molecule has 2 amide bonds. The van der Waals surface area contributed by atoms with Gasteiger partial charge < -0.3 is 19.4 Å². The Morgan fingerprint density at radius 2 is 1.33 bits per heavy atom. The van der Waals surface area contributed by atoms with Gasteiger partial charge in [0, 0.05) is 85.5 Å². The maximum absolute atomic E-state index is 12.7. The number of anilines is 2. The first-order valence-electron chi connectivity index (χ1n) is 27.8. The summed E-state index contributed by atoms with van der Waals surface area (Å²) in [5.74, 6) is -2.57. The van der Waals surface area contributed by atoms with E-state index in [1.165, 1.54) is 24.3 Å². The number of unbranched alkanes of at least 4 members (excludes halogenated alkanes) is 2. The number of fused-ring (bicyclic) bond motifs is 4. The van der Waals surface area contributed by atoms with Gasteiger partial charge in [-0.05, 0) is 153 Å². The lowest BCUT2D eigenvalue weighted by molar-refractivity contribution is -0.438. The lowest BCUT2D eigenvalue weighted by atomic mass is 9.78. The molecule has 0 unspecified atom stereocenters. The Labute approximate surface area is 491 Å². The molecule has 4 aromatic rings. The minimum Gasteiger partial charge on any atom is -0.457 e. The molecule has 84 heavy (non-hydrogen) atoms. The van der Waals surface area contributed by atoms with Gasteiger partial charge >= 0.3 is 5.97 Å². The van der Waals surface area contributed by atoms with E-state index >= 15 is 0 Å². The first-order chi connectivity index (χ1) is 39.4. The van der Waals surface area contributed by atoms with E-state index in [1.807, 2.05) is 61.2 Å². The van der Waals surface area contributed by atoms with Crippen LogP contribution in [0.5, 0.6) is 5.75 Å². The first kappa shape index (κ1) is 63.4. The van der Waals surface area contributed by atoms with Gasteiger partial charge in [0.1, 0.15) is 18.1 Å². The van der Waals surface area contributed by atoms with Crippen molar-refractivity contribution in [3.8, 4) is 5.75 Å². The van der Waals surface area contributed by atoms with Gasteiger partial charge in [-0.1, -0.05) is 44.2 Å². The molecule has 1 fully saturated rings. The molecule has 4 aliphatic rings. The van der Waals surface area contributed by atoms with Crippen molar-refractivity contribution >= 4 is 91.8 Å². The topological polar surface area (TPSA) is 300 Å². The van der Waals surface area contributed by atoms with Gasteiger partial charge in [-0.3, -0.25) is 27.8 Å². The molecule has 3 heterocycles. The Morgan fingerprint density at radius 3 is 1.98 bits per heavy atom. The molecular formula is C59H71N4O17S4+. The number of allylic oxidation sites excluding steroid dienone is 7. The highest BCUT2D eigenvalue weighted by Gasteiger charge is 2.46. The van der Waals surface area contributed by atoms with E-state index in [9.17, 15) is 66.3 Å². The molecule has 8 rings (SSSR count). The fourth-order valence-electron chi connectivity index (χ4n) is 11.6. The predicted molar refractivity (Wildman–Crippen MR) is 318 cm³/mol. The average molecular weight is 1240 g/mol. The highest BCUT2D eigenvalue weighted by molar-refractivity contribution is 7.86. The van der Waals surface area contributed by atoms with Crippen LogP contribution >= 0.6 is 0 Å². The van der Waals surface area contributed by atoms with Crippen LogP contribution in [0.1, 0.15) is 116 Å². The SMILES string of the molecule is CC1(C)C(/C=C/C2=C(Oc3ccc(S(=O)(=O)O)cc3)C(=C/C=C3/N(CCCS(=O)(=O)O)c4ccc(N(CCCS(=O)(=O)O)CCCS(=O)(=O)O)cc4C3(C)C)/CCC2)=[N+](CCCCCC(=O)ON2C(=O)CCC2=O)c2ccc3ccccc3c21. The maximum Gasteiger partial charge on any atom is 0.333 e. The number of carbonyl (C=O) groups excluding carboxylic acids is 3. The second-order valence-corrected chi connectivity index (χ2v) is 28.6. The Morgan fingerprint density at radius 1 is 0.690 bits per heavy atom. The van der Waals surface area contributed by atoms with Crippen molar-refractivity contribution in [3.63, 3.8) is 0 Å². The number of hydroxylamine groups is 2. The molecule has 0 bridgehead atoms. The molecule has 4 N–H and O–H groups in total. The standard InChI is InChI=1S/C59H70N4O17S4/c1-58(2)48-40-44(60(33-11-37-81(67,68)69)34-12-38-82(70,71)72)22-28-49(48)61(36-13-39-83(73,74)75)51(58)29-20-42-15-10-16-43(57(42)79-45-23-25-46(26-24-45)84(76,77)78)21-30-52-59(3,4)56-47-17-8-7-14-41(47)19-27-50(56)62(52)35-9-5-6-18-55(66)80-63-53(64)31-32-54(63)65/h7-8,14,17,19-30,40H,5-6,9-13,15-16,18,31-39H2,1-4H3,(H3-,67,68,69,70,71,72,73,74,75,76,77,78)/p+1. The van der Waals surface area contributed by atoms with Crippen LogP contribution in [-0.4, -0.2) is 128 Å². The van der Waals surface area contributed by atoms with E-state index in [0.717, 1.165) is 50.1 Å². The normalized spacial score (nSPS) is 18.2. The fourth-order valence-corrected chi connectivity index (χ4v) is 13.5. The van der Waals surface area contributed by atoms with Gasteiger partial charge in [-0.25, -0.2) is 4.79 Å². The molecule has 3 aliphatic heterocycles. The molecule has 4 aromatic carbocycles. The molecule has 21 nitrogen and oxygen atoms in total. The minimum atomic E-state index is -4.53. The van der Waals surface area contributed by atoms with Crippen molar-refractivity contribution in [2.75, 3.05) is 53.2 Å². The molecule has 1 aliphatic carbocycles. The molecule has 0 radical (unpaired) electrons. The molecular weight excluding hydrogens is 1160 g/mol. The number of rotatable bonds is 26. The Kier molecular flexibility index (Phi) is 19.3. The average Bonchev–Trinajstić information content (AvgIpc) is 1.70. The Balaban J connectivity index is 1.18. The van der Waals surface area contributed by atoms with Crippen LogP contribution in [0.15, 0.2) is 131 Å². The monoisotopic (exact) mass is 1240 g/mol. The number of amides is 2. The lowest BCUT2D eigenvalue weighted by Crippen LogP contribution is -2.31. The van der Waals surface area contributed by atoms with Crippen molar-refractivity contribution < 1.29 is 80.4 Å². The van der Waals surface area contributed by atoms with Crippen molar-refractivity contribution in [2.45, 2.75) is 120 Å². The summed E-state index contributed by atoms with van der Waals surface area (Å²) in [6, 6.07) is 23.3. The summed E-state index contributed by atoms with van der Waals surface area (Å²) < 4.78 is 143. The molecule has 25 heteroatoms. The minimum absolute atomic E-state index is 0.00366. The van der Waals surface area contributed by atoms with Gasteiger partial charge in [0.15, 0.2) is 5.71 Å². The third kappa shape index (κ3) is 15.5. The van der Waals surface area contributed by atoms with Crippen LogP contribution in [0.2, 0.25) is 0 Å². The highest BCUT2D eigenvalue weighted by atomic mass is 32.2.